The van der Waals surface area contributed by atoms with Gasteiger partial charge in [-0.1, -0.05) is 24.4 Å². The summed E-state index contributed by atoms with van der Waals surface area (Å²) in [6.45, 7) is 8.03. The van der Waals surface area contributed by atoms with Crippen molar-refractivity contribution in [2.75, 3.05) is 33.9 Å². The number of hydrogen-bond donors (Lipinski definition) is 0. The maximum atomic E-state index is 13.2. The van der Waals surface area contributed by atoms with Crippen LogP contribution in [0.5, 0.6) is 11.5 Å². The topological polar surface area (TPSA) is 85.4 Å². The van der Waals surface area contributed by atoms with Gasteiger partial charge in [-0.3, -0.25) is 9.63 Å². The first-order chi connectivity index (χ1) is 15.8. The standard InChI is InChI=1S/C24H34N2O6S/c1-6-15-26(18-19-9-14-22(32-16-7-2)23(17-19)31-8-3)24(27)20-10-12-21(13-11-20)33(28,29)25(4)30-5/h9-14,17H,6-8,15-16,18H2,1-5H3. The van der Waals surface area contributed by atoms with Gasteiger partial charge in [-0.2, -0.15) is 0 Å². The molecule has 33 heavy (non-hydrogen) atoms. The van der Waals surface area contributed by atoms with Crippen molar-refractivity contribution in [2.45, 2.75) is 45.1 Å². The molecule has 0 saturated carbocycles. The first-order valence-electron chi connectivity index (χ1n) is 11.1. The maximum Gasteiger partial charge on any atom is 0.264 e. The second-order valence-electron chi connectivity index (χ2n) is 7.41. The molecular weight excluding hydrogens is 444 g/mol. The summed E-state index contributed by atoms with van der Waals surface area (Å²) in [5.41, 5.74) is 1.33. The third-order valence-electron chi connectivity index (χ3n) is 4.92. The number of carbonyl (C=O) groups excluding carboxylic acids is 1. The van der Waals surface area contributed by atoms with Crippen LogP contribution in [0.1, 0.15) is 49.5 Å². The van der Waals surface area contributed by atoms with Gasteiger partial charge in [0.05, 0.1) is 25.2 Å². The average molecular weight is 479 g/mol. The van der Waals surface area contributed by atoms with Gasteiger partial charge in [0.25, 0.3) is 15.9 Å². The molecule has 2 aromatic carbocycles. The quantitative estimate of drug-likeness (QED) is 0.403. The van der Waals surface area contributed by atoms with Crippen LogP contribution < -0.4 is 9.47 Å². The van der Waals surface area contributed by atoms with Gasteiger partial charge in [0, 0.05) is 25.7 Å². The highest BCUT2D eigenvalue weighted by molar-refractivity contribution is 7.89. The molecule has 0 aromatic heterocycles. The number of carbonyl (C=O) groups is 1. The molecule has 0 aliphatic rings. The lowest BCUT2D eigenvalue weighted by Gasteiger charge is -2.23. The molecule has 0 heterocycles. The Morgan fingerprint density at radius 2 is 1.64 bits per heavy atom. The Morgan fingerprint density at radius 1 is 0.939 bits per heavy atom. The van der Waals surface area contributed by atoms with E-state index in [4.69, 9.17) is 14.3 Å². The van der Waals surface area contributed by atoms with Gasteiger partial charge >= 0.3 is 0 Å². The lowest BCUT2D eigenvalue weighted by Crippen LogP contribution is -2.31. The Morgan fingerprint density at radius 3 is 2.21 bits per heavy atom. The summed E-state index contributed by atoms with van der Waals surface area (Å²) in [6.07, 6.45) is 1.68. The summed E-state index contributed by atoms with van der Waals surface area (Å²) < 4.78 is 37.0. The predicted octanol–water partition coefficient (Wildman–Crippen LogP) is 4.11. The number of benzene rings is 2. The van der Waals surface area contributed by atoms with Crippen LogP contribution in [0.4, 0.5) is 0 Å². The van der Waals surface area contributed by atoms with Crippen molar-refractivity contribution in [3.8, 4) is 11.5 Å². The Hall–Kier alpha value is -2.62. The summed E-state index contributed by atoms with van der Waals surface area (Å²) in [4.78, 5) is 19.8. The molecule has 2 aromatic rings. The summed E-state index contributed by atoms with van der Waals surface area (Å²) in [5.74, 6) is 1.17. The van der Waals surface area contributed by atoms with Crippen molar-refractivity contribution >= 4 is 15.9 Å². The minimum absolute atomic E-state index is 0.0504. The molecule has 2 rings (SSSR count). The molecule has 0 spiro atoms. The first-order valence-corrected chi connectivity index (χ1v) is 12.5. The van der Waals surface area contributed by atoms with Crippen molar-refractivity contribution in [2.24, 2.45) is 0 Å². The smallest absolute Gasteiger partial charge is 0.264 e. The maximum absolute atomic E-state index is 13.2. The Balaban J connectivity index is 2.24. The van der Waals surface area contributed by atoms with E-state index in [0.29, 0.717) is 43.4 Å². The number of hydroxylamine groups is 1. The van der Waals surface area contributed by atoms with Crippen molar-refractivity contribution in [1.29, 1.82) is 0 Å². The third kappa shape index (κ3) is 6.93. The molecule has 0 bridgehead atoms. The second kappa shape index (κ2) is 12.6. The van der Waals surface area contributed by atoms with E-state index in [1.165, 1.54) is 38.4 Å². The summed E-state index contributed by atoms with van der Waals surface area (Å²) >= 11 is 0. The van der Waals surface area contributed by atoms with Crippen LogP contribution in [0.2, 0.25) is 0 Å². The summed E-state index contributed by atoms with van der Waals surface area (Å²) in [5, 5.41) is 0. The number of amides is 1. The molecule has 0 aliphatic carbocycles. The fourth-order valence-corrected chi connectivity index (χ4v) is 4.16. The normalized spacial score (nSPS) is 11.5. The van der Waals surface area contributed by atoms with Crippen molar-refractivity contribution < 1.29 is 27.5 Å². The highest BCUT2D eigenvalue weighted by Crippen LogP contribution is 2.29. The van der Waals surface area contributed by atoms with E-state index in [2.05, 4.69) is 0 Å². The van der Waals surface area contributed by atoms with E-state index < -0.39 is 10.0 Å². The molecule has 0 saturated heterocycles. The van der Waals surface area contributed by atoms with Gasteiger partial charge in [-0.25, -0.2) is 8.42 Å². The lowest BCUT2D eigenvalue weighted by molar-refractivity contribution is -0.0258. The molecule has 182 valence electrons. The Kier molecular flexibility index (Phi) is 10.1. The van der Waals surface area contributed by atoms with E-state index in [-0.39, 0.29) is 10.8 Å². The second-order valence-corrected chi connectivity index (χ2v) is 9.35. The zero-order chi connectivity index (χ0) is 24.4. The molecule has 0 radical (unpaired) electrons. The van der Waals surface area contributed by atoms with Gasteiger partial charge in [-0.05, 0) is 61.7 Å². The van der Waals surface area contributed by atoms with Crippen molar-refractivity contribution in [1.82, 2.24) is 9.37 Å². The van der Waals surface area contributed by atoms with E-state index in [1.807, 2.05) is 39.0 Å². The molecule has 1 amide bonds. The Labute approximate surface area is 197 Å². The number of nitrogens with zero attached hydrogens (tertiary/aromatic N) is 2. The van der Waals surface area contributed by atoms with E-state index in [9.17, 15) is 13.2 Å². The molecule has 0 unspecified atom stereocenters. The van der Waals surface area contributed by atoms with Gasteiger partial charge in [-0.15, -0.1) is 0 Å². The molecular formula is C24H34N2O6S. The first kappa shape index (κ1) is 26.6. The number of sulfonamides is 1. The van der Waals surface area contributed by atoms with Crippen LogP contribution in [0.3, 0.4) is 0 Å². The van der Waals surface area contributed by atoms with E-state index >= 15 is 0 Å². The third-order valence-corrected chi connectivity index (χ3v) is 6.61. The molecule has 0 atom stereocenters. The molecule has 0 N–H and O–H groups in total. The largest absolute Gasteiger partial charge is 0.490 e. The van der Waals surface area contributed by atoms with Crippen LogP contribution in [-0.2, 0) is 21.4 Å². The average Bonchev–Trinajstić information content (AvgIpc) is 2.82. The van der Waals surface area contributed by atoms with Crippen LogP contribution in [0, 0.1) is 0 Å². The van der Waals surface area contributed by atoms with Gasteiger partial charge < -0.3 is 14.4 Å². The minimum Gasteiger partial charge on any atom is -0.490 e. The van der Waals surface area contributed by atoms with Crippen LogP contribution in [-0.4, -0.2) is 57.6 Å². The summed E-state index contributed by atoms with van der Waals surface area (Å²) in [7, 11) is -1.18. The predicted molar refractivity (Wildman–Crippen MR) is 127 cm³/mol. The molecule has 0 aliphatic heterocycles. The van der Waals surface area contributed by atoms with Crippen molar-refractivity contribution in [3.05, 3.63) is 53.6 Å². The number of rotatable bonds is 13. The zero-order valence-electron chi connectivity index (χ0n) is 20.0. The molecule has 0 fully saturated rings. The van der Waals surface area contributed by atoms with Gasteiger partial charge in [0.2, 0.25) is 0 Å². The van der Waals surface area contributed by atoms with Crippen LogP contribution in [0.25, 0.3) is 0 Å². The lowest BCUT2D eigenvalue weighted by atomic mass is 10.1. The van der Waals surface area contributed by atoms with Crippen molar-refractivity contribution in [3.63, 3.8) is 0 Å². The van der Waals surface area contributed by atoms with Gasteiger partial charge in [0.1, 0.15) is 0 Å². The highest BCUT2D eigenvalue weighted by Gasteiger charge is 2.22. The minimum atomic E-state index is -3.77. The van der Waals surface area contributed by atoms with E-state index in [0.717, 1.165) is 22.9 Å². The fourth-order valence-electron chi connectivity index (χ4n) is 3.19. The van der Waals surface area contributed by atoms with E-state index in [1.54, 1.807) is 4.90 Å². The number of ether oxygens (including phenoxy) is 2. The van der Waals surface area contributed by atoms with Crippen LogP contribution >= 0.6 is 0 Å². The monoisotopic (exact) mass is 478 g/mol. The zero-order valence-corrected chi connectivity index (χ0v) is 20.9. The van der Waals surface area contributed by atoms with Crippen LogP contribution in [0.15, 0.2) is 47.4 Å². The number of hydrogen-bond acceptors (Lipinski definition) is 6. The Bertz CT molecular complexity index is 1010. The molecule has 9 heteroatoms. The van der Waals surface area contributed by atoms with Gasteiger partial charge in [0.15, 0.2) is 11.5 Å². The molecule has 8 nitrogen and oxygen atoms in total. The highest BCUT2D eigenvalue weighted by atomic mass is 32.2. The summed E-state index contributed by atoms with van der Waals surface area (Å²) in [6, 6.07) is 11.6. The SMILES string of the molecule is CCCOc1ccc(CN(CCC)C(=O)c2ccc(S(=O)(=O)N(C)OC)cc2)cc1OCC. The fraction of sp³-hybridized carbons (Fsp3) is 0.458.